The average Bonchev–Trinajstić information content (AvgIpc) is 2.86. The molecule has 3 aromatic rings. The maximum atomic E-state index is 12.1. The second-order valence-corrected chi connectivity index (χ2v) is 5.15. The summed E-state index contributed by atoms with van der Waals surface area (Å²) >= 11 is 0. The maximum Gasteiger partial charge on any atom is 0.323 e. The van der Waals surface area contributed by atoms with E-state index >= 15 is 0 Å². The molecule has 0 spiro atoms. The van der Waals surface area contributed by atoms with Gasteiger partial charge in [-0.25, -0.2) is 9.78 Å². The van der Waals surface area contributed by atoms with Gasteiger partial charge in [0.05, 0.1) is 29.7 Å². The van der Waals surface area contributed by atoms with Gasteiger partial charge in [-0.1, -0.05) is 0 Å². The number of hydrogen-bond donors (Lipinski definition) is 3. The van der Waals surface area contributed by atoms with Crippen molar-refractivity contribution in [3.8, 4) is 5.88 Å². The van der Waals surface area contributed by atoms with Gasteiger partial charge in [-0.05, 0) is 38.1 Å². The summed E-state index contributed by atoms with van der Waals surface area (Å²) in [5.41, 5.74) is 3.73. The Morgan fingerprint density at radius 3 is 2.70 bits per heavy atom. The summed E-state index contributed by atoms with van der Waals surface area (Å²) < 4.78 is 5.10. The molecule has 0 atom stereocenters. The molecule has 0 aliphatic rings. The minimum Gasteiger partial charge on any atom is -0.481 e. The van der Waals surface area contributed by atoms with Crippen LogP contribution in [0.15, 0.2) is 30.3 Å². The molecule has 2 amide bonds. The summed E-state index contributed by atoms with van der Waals surface area (Å²) in [6, 6.07) is 8.85. The largest absolute Gasteiger partial charge is 0.481 e. The van der Waals surface area contributed by atoms with Crippen molar-refractivity contribution in [3.63, 3.8) is 0 Å². The fourth-order valence-corrected chi connectivity index (χ4v) is 2.31. The van der Waals surface area contributed by atoms with Gasteiger partial charge in [0, 0.05) is 17.1 Å². The molecule has 0 bridgehead atoms. The highest BCUT2D eigenvalue weighted by molar-refractivity contribution is 6.01. The molecule has 0 fully saturated rings. The number of aryl methyl sites for hydroxylation is 2. The van der Waals surface area contributed by atoms with E-state index in [0.29, 0.717) is 17.3 Å². The van der Waals surface area contributed by atoms with E-state index in [1.165, 1.54) is 0 Å². The molecule has 2 aromatic heterocycles. The van der Waals surface area contributed by atoms with Crippen molar-refractivity contribution < 1.29 is 9.53 Å². The Bertz CT molecular complexity index is 853. The summed E-state index contributed by atoms with van der Waals surface area (Å²) in [7, 11) is 1.58. The second kappa shape index (κ2) is 5.96. The molecule has 23 heavy (non-hydrogen) atoms. The third-order valence-electron chi connectivity index (χ3n) is 3.50. The van der Waals surface area contributed by atoms with Crippen molar-refractivity contribution in [2.45, 2.75) is 13.8 Å². The van der Waals surface area contributed by atoms with Crippen molar-refractivity contribution in [3.05, 3.63) is 41.7 Å². The predicted molar refractivity (Wildman–Crippen MR) is 89.0 cm³/mol. The Kier molecular flexibility index (Phi) is 3.84. The molecule has 118 valence electrons. The lowest BCUT2D eigenvalue weighted by molar-refractivity contribution is 0.262. The number of urea groups is 1. The SMILES string of the molecule is COc1ccc2cc(NC(=O)Nc3c(C)n[nH]c3C)ccc2n1. The van der Waals surface area contributed by atoms with Crippen LogP contribution in [-0.4, -0.2) is 28.3 Å². The lowest BCUT2D eigenvalue weighted by Gasteiger charge is -2.09. The Hall–Kier alpha value is -3.09. The molecule has 3 N–H and O–H groups in total. The highest BCUT2D eigenvalue weighted by atomic mass is 16.5. The molecule has 0 aliphatic carbocycles. The number of methoxy groups -OCH3 is 1. The fourth-order valence-electron chi connectivity index (χ4n) is 2.31. The summed E-state index contributed by atoms with van der Waals surface area (Å²) in [5, 5.41) is 13.4. The highest BCUT2D eigenvalue weighted by Gasteiger charge is 2.10. The molecule has 0 unspecified atom stereocenters. The Balaban J connectivity index is 1.77. The lowest BCUT2D eigenvalue weighted by atomic mass is 10.2. The molecule has 1 aromatic carbocycles. The van der Waals surface area contributed by atoms with Crippen LogP contribution in [-0.2, 0) is 0 Å². The van der Waals surface area contributed by atoms with Crippen molar-refractivity contribution >= 4 is 28.3 Å². The number of aromatic nitrogens is 3. The van der Waals surface area contributed by atoms with Crippen LogP contribution in [0.25, 0.3) is 10.9 Å². The zero-order chi connectivity index (χ0) is 16.4. The smallest absolute Gasteiger partial charge is 0.323 e. The number of aromatic amines is 1. The van der Waals surface area contributed by atoms with Crippen LogP contribution in [0, 0.1) is 13.8 Å². The van der Waals surface area contributed by atoms with Crippen LogP contribution in [0.3, 0.4) is 0 Å². The van der Waals surface area contributed by atoms with Gasteiger partial charge < -0.3 is 15.4 Å². The van der Waals surface area contributed by atoms with Gasteiger partial charge in [0.1, 0.15) is 0 Å². The zero-order valence-corrected chi connectivity index (χ0v) is 13.1. The molecular weight excluding hydrogens is 294 g/mol. The van der Waals surface area contributed by atoms with Crippen molar-refractivity contribution in [2.75, 3.05) is 17.7 Å². The van der Waals surface area contributed by atoms with Crippen LogP contribution >= 0.6 is 0 Å². The summed E-state index contributed by atoms with van der Waals surface area (Å²) in [6.07, 6.45) is 0. The van der Waals surface area contributed by atoms with Crippen molar-refractivity contribution in [1.29, 1.82) is 0 Å². The van der Waals surface area contributed by atoms with Crippen LogP contribution in [0.4, 0.5) is 16.2 Å². The van der Waals surface area contributed by atoms with Gasteiger partial charge in [-0.2, -0.15) is 5.10 Å². The summed E-state index contributed by atoms with van der Waals surface area (Å²) in [6.45, 7) is 3.68. The Morgan fingerprint density at radius 2 is 2.00 bits per heavy atom. The molecule has 7 heteroatoms. The van der Waals surface area contributed by atoms with E-state index in [9.17, 15) is 4.79 Å². The number of carbonyl (C=O) groups excluding carboxylic acids is 1. The first-order valence-corrected chi connectivity index (χ1v) is 7.11. The van der Waals surface area contributed by atoms with Gasteiger partial charge in [0.15, 0.2) is 0 Å². The second-order valence-electron chi connectivity index (χ2n) is 5.15. The van der Waals surface area contributed by atoms with E-state index < -0.39 is 0 Å². The van der Waals surface area contributed by atoms with E-state index in [-0.39, 0.29) is 6.03 Å². The van der Waals surface area contributed by atoms with Gasteiger partial charge >= 0.3 is 6.03 Å². The lowest BCUT2D eigenvalue weighted by Crippen LogP contribution is -2.20. The Labute approximate surface area is 133 Å². The number of ether oxygens (including phenoxy) is 1. The third-order valence-corrected chi connectivity index (χ3v) is 3.50. The zero-order valence-electron chi connectivity index (χ0n) is 13.1. The van der Waals surface area contributed by atoms with Gasteiger partial charge in [0.25, 0.3) is 0 Å². The molecule has 2 heterocycles. The standard InChI is InChI=1S/C16H17N5O2/c1-9-15(10(2)21-20-9)19-16(22)17-12-5-6-13-11(8-12)4-7-14(18-13)23-3/h4-8H,1-3H3,(H,20,21)(H2,17,19,22). The van der Waals surface area contributed by atoms with Gasteiger partial charge in [-0.15, -0.1) is 0 Å². The first-order valence-electron chi connectivity index (χ1n) is 7.11. The number of benzene rings is 1. The van der Waals surface area contributed by atoms with E-state index in [1.54, 1.807) is 19.2 Å². The summed E-state index contributed by atoms with van der Waals surface area (Å²) in [4.78, 5) is 16.5. The van der Waals surface area contributed by atoms with Crippen molar-refractivity contribution in [2.24, 2.45) is 0 Å². The molecule has 7 nitrogen and oxygen atoms in total. The number of nitrogens with one attached hydrogen (secondary N) is 3. The molecule has 0 radical (unpaired) electrons. The van der Waals surface area contributed by atoms with Crippen LogP contribution in [0.5, 0.6) is 5.88 Å². The van der Waals surface area contributed by atoms with Crippen LogP contribution < -0.4 is 15.4 Å². The number of anilines is 2. The average molecular weight is 311 g/mol. The minimum atomic E-state index is -0.321. The monoisotopic (exact) mass is 311 g/mol. The van der Waals surface area contributed by atoms with E-state index in [0.717, 1.165) is 22.3 Å². The number of fused-ring (bicyclic) bond motifs is 1. The van der Waals surface area contributed by atoms with Crippen LogP contribution in [0.2, 0.25) is 0 Å². The molecule has 0 saturated heterocycles. The quantitative estimate of drug-likeness (QED) is 0.692. The molecule has 3 rings (SSSR count). The number of nitrogens with zero attached hydrogens (tertiary/aromatic N) is 2. The number of carbonyl (C=O) groups is 1. The van der Waals surface area contributed by atoms with Gasteiger partial charge in [-0.3, -0.25) is 5.10 Å². The highest BCUT2D eigenvalue weighted by Crippen LogP contribution is 2.21. The maximum absolute atomic E-state index is 12.1. The van der Waals surface area contributed by atoms with E-state index in [1.807, 2.05) is 32.0 Å². The summed E-state index contributed by atoms with van der Waals surface area (Å²) in [5.74, 6) is 0.557. The first-order chi connectivity index (χ1) is 11.1. The van der Waals surface area contributed by atoms with Gasteiger partial charge in [0.2, 0.25) is 5.88 Å². The molecule has 0 aliphatic heterocycles. The first kappa shape index (κ1) is 14.8. The predicted octanol–water partition coefficient (Wildman–Crippen LogP) is 3.23. The number of amides is 2. The third kappa shape index (κ3) is 3.08. The van der Waals surface area contributed by atoms with E-state index in [4.69, 9.17) is 4.74 Å². The topological polar surface area (TPSA) is 91.9 Å². The number of pyridine rings is 1. The number of rotatable bonds is 3. The van der Waals surface area contributed by atoms with E-state index in [2.05, 4.69) is 25.8 Å². The molecular formula is C16H17N5O2. The minimum absolute atomic E-state index is 0.321. The van der Waals surface area contributed by atoms with Crippen LogP contribution in [0.1, 0.15) is 11.4 Å². The number of H-pyrrole nitrogens is 1. The Morgan fingerprint density at radius 1 is 1.17 bits per heavy atom. The normalized spacial score (nSPS) is 10.6. The van der Waals surface area contributed by atoms with Crippen molar-refractivity contribution in [1.82, 2.24) is 15.2 Å². The fraction of sp³-hybridized carbons (Fsp3) is 0.188. The number of hydrogen-bond acceptors (Lipinski definition) is 4. The molecule has 0 saturated carbocycles.